The first-order chi connectivity index (χ1) is 15.6. The number of aliphatic hydroxyl groups is 1. The number of hydrogen-bond acceptors (Lipinski definition) is 10. The average molecular weight is 482 g/mol. The third-order valence-electron chi connectivity index (χ3n) is 4.95. The number of carbonyl (C=O) groups excluding carboxylic acids is 1. The molecule has 0 radical (unpaired) electrons. The van der Waals surface area contributed by atoms with Crippen LogP contribution >= 0.6 is 7.75 Å². The monoisotopic (exact) mass is 482 g/mol. The van der Waals surface area contributed by atoms with E-state index in [1.807, 2.05) is 0 Å². The van der Waals surface area contributed by atoms with Crippen LogP contribution in [0, 0.1) is 0 Å². The molecule has 0 aliphatic carbocycles. The van der Waals surface area contributed by atoms with Crippen LogP contribution in [0.1, 0.15) is 26.5 Å². The van der Waals surface area contributed by atoms with Gasteiger partial charge in [0, 0.05) is 12.6 Å². The number of nitrogen functional groups attached to an aromatic ring is 1. The van der Waals surface area contributed by atoms with Crippen LogP contribution in [0.3, 0.4) is 0 Å². The smallest absolute Gasteiger partial charge is 0.459 e. The zero-order chi connectivity index (χ0) is 24.2. The molecule has 33 heavy (non-hydrogen) atoms. The summed E-state index contributed by atoms with van der Waals surface area (Å²) in [6.45, 7) is 3.03. The van der Waals surface area contributed by atoms with Gasteiger partial charge in [0.2, 0.25) is 0 Å². The van der Waals surface area contributed by atoms with Crippen LogP contribution in [0.25, 0.3) is 0 Å². The fraction of sp³-hybridized carbons (Fsp3) is 0.450. The zero-order valence-electron chi connectivity index (χ0n) is 18.4. The summed E-state index contributed by atoms with van der Waals surface area (Å²) in [4.78, 5) is 27.6. The predicted octanol–water partition coefficient (Wildman–Crippen LogP) is 1.22. The Hall–Kier alpha value is -2.76. The van der Waals surface area contributed by atoms with E-state index in [1.165, 1.54) is 26.3 Å². The quantitative estimate of drug-likeness (QED) is 0.348. The van der Waals surface area contributed by atoms with Gasteiger partial charge in [-0.05, 0) is 32.0 Å². The highest BCUT2D eigenvalue weighted by molar-refractivity contribution is 7.52. The number of rotatable bonds is 9. The lowest BCUT2D eigenvalue weighted by Crippen LogP contribution is -2.37. The van der Waals surface area contributed by atoms with Crippen molar-refractivity contribution in [2.24, 2.45) is 0 Å². The van der Waals surface area contributed by atoms with Gasteiger partial charge in [0.05, 0.1) is 19.3 Å². The molecule has 2 aromatic rings. The number of nitrogens with zero attached hydrogens (tertiary/aromatic N) is 2. The van der Waals surface area contributed by atoms with Gasteiger partial charge in [-0.3, -0.25) is 13.9 Å². The summed E-state index contributed by atoms with van der Waals surface area (Å²) >= 11 is 0. The van der Waals surface area contributed by atoms with Gasteiger partial charge in [0.1, 0.15) is 23.7 Å². The lowest BCUT2D eigenvalue weighted by atomic mass is 10.1. The maximum Gasteiger partial charge on any atom is 0.459 e. The molecular formula is C20H27N4O8P. The molecule has 1 saturated heterocycles. The van der Waals surface area contributed by atoms with E-state index in [0.29, 0.717) is 0 Å². The van der Waals surface area contributed by atoms with Crippen LogP contribution in [-0.2, 0) is 23.4 Å². The first kappa shape index (κ1) is 24.9. The summed E-state index contributed by atoms with van der Waals surface area (Å²) in [7, 11) is -2.91. The molecule has 1 aromatic carbocycles. The van der Waals surface area contributed by atoms with Gasteiger partial charge >= 0.3 is 19.4 Å². The lowest BCUT2D eigenvalue weighted by Gasteiger charge is -2.27. The second-order valence-corrected chi connectivity index (χ2v) is 9.14. The first-order valence-corrected chi connectivity index (χ1v) is 11.7. The van der Waals surface area contributed by atoms with Crippen molar-refractivity contribution in [2.45, 2.75) is 50.8 Å². The minimum Gasteiger partial charge on any atom is -0.468 e. The average Bonchev–Trinajstić information content (AvgIpc) is 3.15. The van der Waals surface area contributed by atoms with E-state index in [9.17, 15) is 19.3 Å². The molecule has 1 aliphatic heterocycles. The highest BCUT2D eigenvalue weighted by Crippen LogP contribution is 2.47. The SMILES string of the molecule is COC(=O)C(C)NP(=O)(Oc1ccccc1)OC(C)C1C[C@@H](O)C(n2ccc(N)nc2=O)O1. The molecule has 13 heteroatoms. The number of nitrogens with one attached hydrogen (secondary N) is 1. The topological polar surface area (TPSA) is 164 Å². The molecule has 12 nitrogen and oxygen atoms in total. The number of nitrogens with two attached hydrogens (primary N) is 1. The van der Waals surface area contributed by atoms with E-state index in [2.05, 4.69) is 14.8 Å². The van der Waals surface area contributed by atoms with Crippen molar-refractivity contribution in [1.82, 2.24) is 14.6 Å². The number of esters is 1. The molecule has 0 spiro atoms. The van der Waals surface area contributed by atoms with Crippen molar-refractivity contribution in [3.05, 3.63) is 53.1 Å². The van der Waals surface area contributed by atoms with Gasteiger partial charge in [-0.15, -0.1) is 0 Å². The van der Waals surface area contributed by atoms with Crippen LogP contribution < -0.4 is 21.0 Å². The van der Waals surface area contributed by atoms with Gasteiger partial charge in [0.15, 0.2) is 6.23 Å². The van der Waals surface area contributed by atoms with Crippen molar-refractivity contribution in [1.29, 1.82) is 0 Å². The molecule has 2 heterocycles. The maximum absolute atomic E-state index is 13.5. The second kappa shape index (κ2) is 10.4. The molecule has 0 bridgehead atoms. The number of aliphatic hydroxyl groups excluding tert-OH is 1. The molecule has 4 N–H and O–H groups in total. The first-order valence-electron chi connectivity index (χ1n) is 10.2. The fourth-order valence-electron chi connectivity index (χ4n) is 3.30. The van der Waals surface area contributed by atoms with E-state index >= 15 is 0 Å². The normalized spacial score (nSPS) is 23.9. The van der Waals surface area contributed by atoms with Crippen molar-refractivity contribution < 1.29 is 33.0 Å². The van der Waals surface area contributed by atoms with E-state index in [4.69, 9.17) is 19.5 Å². The van der Waals surface area contributed by atoms with Crippen molar-refractivity contribution in [3.63, 3.8) is 0 Å². The summed E-state index contributed by atoms with van der Waals surface area (Å²) < 4.78 is 36.5. The summed E-state index contributed by atoms with van der Waals surface area (Å²) in [5.41, 5.74) is 4.83. The molecule has 0 saturated carbocycles. The van der Waals surface area contributed by atoms with Crippen LogP contribution in [0.5, 0.6) is 5.75 Å². The Kier molecular flexibility index (Phi) is 7.88. The molecule has 1 aromatic heterocycles. The number of aromatic nitrogens is 2. The summed E-state index contributed by atoms with van der Waals surface area (Å²) in [6.07, 6.45) is -2.25. The number of para-hydroxylation sites is 1. The summed E-state index contributed by atoms with van der Waals surface area (Å²) in [5, 5.41) is 13.0. The van der Waals surface area contributed by atoms with Crippen LogP contribution in [0.15, 0.2) is 47.4 Å². The van der Waals surface area contributed by atoms with Gasteiger partial charge in [0.25, 0.3) is 0 Å². The van der Waals surface area contributed by atoms with Crippen molar-refractivity contribution >= 4 is 19.5 Å². The minimum absolute atomic E-state index is 0.0433. The Bertz CT molecular complexity index is 1070. The number of hydrogen-bond donors (Lipinski definition) is 3. The molecule has 6 atom stereocenters. The van der Waals surface area contributed by atoms with Crippen LogP contribution in [-0.4, -0.2) is 52.1 Å². The predicted molar refractivity (Wildman–Crippen MR) is 117 cm³/mol. The number of benzene rings is 1. The van der Waals surface area contributed by atoms with Gasteiger partial charge in [-0.2, -0.15) is 10.1 Å². The molecule has 1 fully saturated rings. The third-order valence-corrected chi connectivity index (χ3v) is 6.71. The van der Waals surface area contributed by atoms with Gasteiger partial charge in [-0.1, -0.05) is 18.2 Å². The largest absolute Gasteiger partial charge is 0.468 e. The number of methoxy groups -OCH3 is 1. The van der Waals surface area contributed by atoms with Crippen LogP contribution in [0.4, 0.5) is 5.82 Å². The highest BCUT2D eigenvalue weighted by Gasteiger charge is 2.42. The fourth-order valence-corrected chi connectivity index (χ4v) is 5.01. The number of ether oxygens (including phenoxy) is 2. The van der Waals surface area contributed by atoms with Crippen molar-refractivity contribution in [2.75, 3.05) is 12.8 Å². The van der Waals surface area contributed by atoms with Crippen LogP contribution in [0.2, 0.25) is 0 Å². The Labute approximate surface area is 190 Å². The Morgan fingerprint density at radius 2 is 2.03 bits per heavy atom. The second-order valence-electron chi connectivity index (χ2n) is 7.50. The van der Waals surface area contributed by atoms with Crippen molar-refractivity contribution in [3.8, 4) is 5.75 Å². The van der Waals surface area contributed by atoms with Gasteiger partial charge in [-0.25, -0.2) is 9.36 Å². The van der Waals surface area contributed by atoms with E-state index in [1.54, 1.807) is 37.3 Å². The summed E-state index contributed by atoms with van der Waals surface area (Å²) in [6, 6.07) is 8.70. The Morgan fingerprint density at radius 1 is 1.33 bits per heavy atom. The minimum atomic E-state index is -4.11. The molecule has 5 unspecified atom stereocenters. The molecule has 180 valence electrons. The van der Waals surface area contributed by atoms with Gasteiger partial charge < -0.3 is 24.8 Å². The highest BCUT2D eigenvalue weighted by atomic mass is 31.2. The third kappa shape index (κ3) is 6.18. The Morgan fingerprint density at radius 3 is 2.67 bits per heavy atom. The molecule has 0 amide bonds. The standard InChI is InChI=1S/C20H27N4O8P/c1-12(19(26)29-3)23-33(28,32-14-7-5-4-6-8-14)31-13(2)16-11-15(25)18(30-16)24-10-9-17(21)22-20(24)27/h4-10,12-13,15-16,18,25H,11H2,1-3H3,(H,23,28)(H2,21,22,27)/t12?,13?,15-,16?,18?,33?/m1/s1. The maximum atomic E-state index is 13.5. The number of anilines is 1. The lowest BCUT2D eigenvalue weighted by molar-refractivity contribution is -0.142. The van der Waals surface area contributed by atoms with E-state index in [0.717, 1.165) is 4.57 Å². The van der Waals surface area contributed by atoms with E-state index in [-0.39, 0.29) is 18.0 Å². The Balaban J connectivity index is 1.77. The zero-order valence-corrected chi connectivity index (χ0v) is 19.3. The van der Waals surface area contributed by atoms with E-state index < -0.39 is 50.0 Å². The number of carbonyl (C=O) groups is 1. The molecule has 1 aliphatic rings. The molecular weight excluding hydrogens is 455 g/mol. The summed E-state index contributed by atoms with van der Waals surface area (Å²) in [5.74, 6) is -0.366. The molecule has 3 rings (SSSR count).